The molecule has 1 aliphatic rings. The zero-order valence-corrected chi connectivity index (χ0v) is 15.7. The molecule has 1 aliphatic carbocycles. The molecule has 0 aromatic heterocycles. The molecule has 4 nitrogen and oxygen atoms in total. The van der Waals surface area contributed by atoms with E-state index in [1.807, 2.05) is 30.3 Å². The summed E-state index contributed by atoms with van der Waals surface area (Å²) in [4.78, 5) is 12.3. The molecule has 0 radical (unpaired) electrons. The summed E-state index contributed by atoms with van der Waals surface area (Å²) >= 11 is 6.14. The normalized spacial score (nSPS) is 15.5. The number of hydrogen-bond acceptors (Lipinski definition) is 2. The number of hydrogen-bond donors (Lipinski definition) is 2. The van der Waals surface area contributed by atoms with Crippen LogP contribution in [-0.2, 0) is 4.79 Å². The van der Waals surface area contributed by atoms with Crippen molar-refractivity contribution in [2.45, 2.75) is 31.7 Å². The minimum Gasteiger partial charge on any atom is -0.349 e. The number of rotatable bonds is 5. The molecule has 1 fully saturated rings. The van der Waals surface area contributed by atoms with E-state index in [2.05, 4.69) is 23.5 Å². The Labute approximate surface area is 159 Å². The number of carbonyl (C=O) groups excluding carboxylic acids is 1. The fourth-order valence-corrected chi connectivity index (χ4v) is 3.84. The average Bonchev–Trinajstić information content (AvgIpc) is 3.19. The Morgan fingerprint density at radius 1 is 1.19 bits per heavy atom. The lowest BCUT2D eigenvalue weighted by atomic mass is 9.90. The van der Waals surface area contributed by atoms with Gasteiger partial charge in [-0.25, -0.2) is 0 Å². The first-order chi connectivity index (χ1) is 12.6. The second kappa shape index (κ2) is 8.37. The second-order valence-electron chi connectivity index (χ2n) is 6.87. The molecule has 0 aliphatic heterocycles. The van der Waals surface area contributed by atoms with E-state index in [0.717, 1.165) is 29.5 Å². The predicted octanol–water partition coefficient (Wildman–Crippen LogP) is 4.85. The molecule has 0 heterocycles. The van der Waals surface area contributed by atoms with Gasteiger partial charge in [0.15, 0.2) is 5.96 Å². The third kappa shape index (κ3) is 4.25. The van der Waals surface area contributed by atoms with Crippen LogP contribution in [0.3, 0.4) is 0 Å². The molecule has 1 amide bonds. The minimum atomic E-state index is 0.0199. The highest BCUT2D eigenvalue weighted by molar-refractivity contribution is 6.30. The minimum absolute atomic E-state index is 0.0199. The highest BCUT2D eigenvalue weighted by atomic mass is 35.5. The molecule has 3 rings (SSSR count). The van der Waals surface area contributed by atoms with Crippen LogP contribution in [0.2, 0.25) is 5.02 Å². The largest absolute Gasteiger partial charge is 0.349 e. The monoisotopic (exact) mass is 369 g/mol. The van der Waals surface area contributed by atoms with E-state index < -0.39 is 0 Å². The molecule has 1 unspecified atom stereocenters. The first-order valence-corrected chi connectivity index (χ1v) is 9.35. The standard InChI is InChI=1S/C21H24ClN3O/c1-25(14-26)21(23)24-20(15-6-2-3-7-15)18-10-4-8-16(12-18)17-9-5-11-19(22)13-17/h4-5,8-15,20H,2-3,6-7H2,1H3,(H2,23,24). The molecule has 5 heteroatoms. The Balaban J connectivity index is 1.92. The second-order valence-corrected chi connectivity index (χ2v) is 7.30. The molecule has 0 spiro atoms. The van der Waals surface area contributed by atoms with Crippen molar-refractivity contribution in [3.63, 3.8) is 0 Å². The van der Waals surface area contributed by atoms with Gasteiger partial charge in [0, 0.05) is 12.1 Å². The Bertz CT molecular complexity index is 786. The molecule has 26 heavy (non-hydrogen) atoms. The molecule has 1 saturated carbocycles. The summed E-state index contributed by atoms with van der Waals surface area (Å²) in [6.45, 7) is 0. The third-order valence-corrected chi connectivity index (χ3v) is 5.31. The van der Waals surface area contributed by atoms with E-state index in [4.69, 9.17) is 17.0 Å². The number of benzene rings is 2. The van der Waals surface area contributed by atoms with Gasteiger partial charge >= 0.3 is 0 Å². The van der Waals surface area contributed by atoms with Crippen molar-refractivity contribution in [1.29, 1.82) is 5.41 Å². The SMILES string of the molecule is CN(C=O)C(=N)NC(c1cccc(-c2cccc(Cl)c2)c1)C1CCCC1. The van der Waals surface area contributed by atoms with Crippen LogP contribution in [0.4, 0.5) is 0 Å². The molecule has 136 valence electrons. The van der Waals surface area contributed by atoms with Crippen LogP contribution in [0.25, 0.3) is 11.1 Å². The van der Waals surface area contributed by atoms with Gasteiger partial charge in [-0.3, -0.25) is 15.1 Å². The summed E-state index contributed by atoms with van der Waals surface area (Å²) in [5, 5.41) is 12.1. The van der Waals surface area contributed by atoms with Crippen LogP contribution in [0.5, 0.6) is 0 Å². The summed E-state index contributed by atoms with van der Waals surface area (Å²) in [6, 6.07) is 16.2. The van der Waals surface area contributed by atoms with Crippen LogP contribution in [0, 0.1) is 11.3 Å². The summed E-state index contributed by atoms with van der Waals surface area (Å²) in [5.74, 6) is 0.593. The number of amides is 1. The molecular formula is C21H24ClN3O. The Hall–Kier alpha value is -2.33. The van der Waals surface area contributed by atoms with Crippen LogP contribution in [0.1, 0.15) is 37.3 Å². The maximum atomic E-state index is 11.0. The Kier molecular flexibility index (Phi) is 5.94. The van der Waals surface area contributed by atoms with Crippen molar-refractivity contribution in [3.8, 4) is 11.1 Å². The molecule has 0 saturated heterocycles. The van der Waals surface area contributed by atoms with Crippen molar-refractivity contribution in [2.75, 3.05) is 7.05 Å². The van der Waals surface area contributed by atoms with Crippen molar-refractivity contribution in [2.24, 2.45) is 5.92 Å². The molecular weight excluding hydrogens is 346 g/mol. The Morgan fingerprint density at radius 2 is 1.85 bits per heavy atom. The van der Waals surface area contributed by atoms with Gasteiger partial charge in [0.25, 0.3) is 0 Å². The van der Waals surface area contributed by atoms with E-state index in [9.17, 15) is 4.79 Å². The molecule has 2 N–H and O–H groups in total. The van der Waals surface area contributed by atoms with Gasteiger partial charge in [-0.05, 0) is 53.6 Å². The van der Waals surface area contributed by atoms with Crippen LogP contribution in [0.15, 0.2) is 48.5 Å². The number of nitrogens with one attached hydrogen (secondary N) is 2. The molecule has 2 aromatic carbocycles. The lowest BCUT2D eigenvalue weighted by Crippen LogP contribution is -2.41. The number of halogens is 1. The van der Waals surface area contributed by atoms with Crippen molar-refractivity contribution >= 4 is 24.0 Å². The average molecular weight is 370 g/mol. The summed E-state index contributed by atoms with van der Waals surface area (Å²) < 4.78 is 0. The van der Waals surface area contributed by atoms with Gasteiger partial charge in [-0.2, -0.15) is 0 Å². The van der Waals surface area contributed by atoms with Gasteiger partial charge in [0.2, 0.25) is 6.41 Å². The van der Waals surface area contributed by atoms with Gasteiger partial charge in [-0.15, -0.1) is 0 Å². The summed E-state index contributed by atoms with van der Waals surface area (Å²) in [7, 11) is 1.59. The van der Waals surface area contributed by atoms with Gasteiger partial charge in [-0.1, -0.05) is 54.8 Å². The van der Waals surface area contributed by atoms with Crippen LogP contribution < -0.4 is 5.32 Å². The van der Waals surface area contributed by atoms with E-state index in [1.165, 1.54) is 17.7 Å². The first-order valence-electron chi connectivity index (χ1n) is 8.97. The predicted molar refractivity (Wildman–Crippen MR) is 106 cm³/mol. The zero-order chi connectivity index (χ0) is 18.5. The quantitative estimate of drug-likeness (QED) is 0.449. The third-order valence-electron chi connectivity index (χ3n) is 5.08. The highest BCUT2D eigenvalue weighted by Crippen LogP contribution is 2.37. The highest BCUT2D eigenvalue weighted by Gasteiger charge is 2.27. The van der Waals surface area contributed by atoms with E-state index >= 15 is 0 Å². The fraction of sp³-hybridized carbons (Fsp3) is 0.333. The van der Waals surface area contributed by atoms with Crippen LogP contribution in [-0.4, -0.2) is 24.3 Å². The number of guanidine groups is 1. The summed E-state index contributed by atoms with van der Waals surface area (Å²) in [6.07, 6.45) is 5.36. The fourth-order valence-electron chi connectivity index (χ4n) is 3.65. The van der Waals surface area contributed by atoms with Gasteiger partial charge in [0.1, 0.15) is 0 Å². The lowest BCUT2D eigenvalue weighted by molar-refractivity contribution is -0.114. The van der Waals surface area contributed by atoms with E-state index in [0.29, 0.717) is 17.4 Å². The maximum absolute atomic E-state index is 11.0. The summed E-state index contributed by atoms with van der Waals surface area (Å²) in [5.41, 5.74) is 3.31. The topological polar surface area (TPSA) is 56.2 Å². The van der Waals surface area contributed by atoms with Crippen molar-refractivity contribution < 1.29 is 4.79 Å². The van der Waals surface area contributed by atoms with E-state index in [-0.39, 0.29) is 12.0 Å². The smallest absolute Gasteiger partial charge is 0.216 e. The van der Waals surface area contributed by atoms with Crippen molar-refractivity contribution in [1.82, 2.24) is 10.2 Å². The van der Waals surface area contributed by atoms with Gasteiger partial charge < -0.3 is 5.32 Å². The van der Waals surface area contributed by atoms with Gasteiger partial charge in [0.05, 0.1) is 6.04 Å². The van der Waals surface area contributed by atoms with Crippen LogP contribution >= 0.6 is 11.6 Å². The molecule has 0 bridgehead atoms. The molecule has 1 atom stereocenters. The number of nitrogens with zero attached hydrogens (tertiary/aromatic N) is 1. The Morgan fingerprint density at radius 3 is 2.50 bits per heavy atom. The first kappa shape index (κ1) is 18.5. The number of carbonyl (C=O) groups is 1. The molecule has 2 aromatic rings. The van der Waals surface area contributed by atoms with E-state index in [1.54, 1.807) is 7.05 Å². The maximum Gasteiger partial charge on any atom is 0.216 e. The lowest BCUT2D eigenvalue weighted by Gasteiger charge is -2.28. The van der Waals surface area contributed by atoms with Crippen molar-refractivity contribution in [3.05, 3.63) is 59.1 Å². The zero-order valence-electron chi connectivity index (χ0n) is 14.9.